The lowest BCUT2D eigenvalue weighted by Crippen LogP contribution is -2.23. The minimum atomic E-state index is 0.403. The summed E-state index contributed by atoms with van der Waals surface area (Å²) >= 11 is 5.51. The van der Waals surface area contributed by atoms with E-state index in [0.717, 1.165) is 19.4 Å². The summed E-state index contributed by atoms with van der Waals surface area (Å²) in [4.78, 5) is 1.42. The van der Waals surface area contributed by atoms with Crippen LogP contribution in [0.3, 0.4) is 0 Å². The van der Waals surface area contributed by atoms with Gasteiger partial charge in [0.25, 0.3) is 0 Å². The molecule has 0 amide bonds. The monoisotopic (exact) mass is 365 g/mol. The predicted molar refractivity (Wildman–Crippen MR) is 97.4 cm³/mol. The first kappa shape index (κ1) is 16.7. The average molecular weight is 366 g/mol. The van der Waals surface area contributed by atoms with Crippen molar-refractivity contribution in [3.63, 3.8) is 0 Å². The van der Waals surface area contributed by atoms with E-state index in [1.165, 1.54) is 30.9 Å². The van der Waals surface area contributed by atoms with Crippen molar-refractivity contribution in [3.05, 3.63) is 55.2 Å². The van der Waals surface area contributed by atoms with Crippen LogP contribution >= 0.6 is 27.3 Å². The van der Waals surface area contributed by atoms with Crippen molar-refractivity contribution in [2.24, 2.45) is 0 Å². The third kappa shape index (κ3) is 4.41. The fourth-order valence-electron chi connectivity index (χ4n) is 2.49. The van der Waals surface area contributed by atoms with Gasteiger partial charge in [0.05, 0.1) is 3.79 Å². The molecule has 0 aliphatic carbocycles. The SMILES string of the molecule is CCCNC(Cc1cc(C)ccc1C)c1cc(C)c(Br)s1. The first-order valence-electron chi connectivity index (χ1n) is 7.56. The normalized spacial score (nSPS) is 12.6. The minimum Gasteiger partial charge on any atom is -0.309 e. The Morgan fingerprint density at radius 2 is 1.90 bits per heavy atom. The zero-order valence-corrected chi connectivity index (χ0v) is 15.7. The topological polar surface area (TPSA) is 12.0 Å². The van der Waals surface area contributed by atoms with Gasteiger partial charge in [-0.2, -0.15) is 0 Å². The largest absolute Gasteiger partial charge is 0.309 e. The molecule has 0 bridgehead atoms. The molecule has 114 valence electrons. The third-order valence-electron chi connectivity index (χ3n) is 3.79. The first-order valence-corrected chi connectivity index (χ1v) is 9.17. The number of thiophene rings is 1. The van der Waals surface area contributed by atoms with Crippen LogP contribution < -0.4 is 5.32 Å². The van der Waals surface area contributed by atoms with Crippen molar-refractivity contribution in [2.75, 3.05) is 6.54 Å². The quantitative estimate of drug-likeness (QED) is 0.690. The van der Waals surface area contributed by atoms with E-state index in [4.69, 9.17) is 0 Å². The summed E-state index contributed by atoms with van der Waals surface area (Å²) in [7, 11) is 0. The van der Waals surface area contributed by atoms with Gasteiger partial charge in [0.1, 0.15) is 0 Å². The lowest BCUT2D eigenvalue weighted by Gasteiger charge is -2.19. The molecule has 1 atom stereocenters. The Labute approximate surface area is 140 Å². The van der Waals surface area contributed by atoms with Crippen molar-refractivity contribution < 1.29 is 0 Å². The molecule has 3 heteroatoms. The Balaban J connectivity index is 2.25. The fraction of sp³-hybridized carbons (Fsp3) is 0.444. The summed E-state index contributed by atoms with van der Waals surface area (Å²) in [5.41, 5.74) is 5.51. The van der Waals surface area contributed by atoms with Gasteiger partial charge in [0, 0.05) is 10.9 Å². The average Bonchev–Trinajstić information content (AvgIpc) is 2.78. The molecular weight excluding hydrogens is 342 g/mol. The Morgan fingerprint density at radius 3 is 2.52 bits per heavy atom. The van der Waals surface area contributed by atoms with Crippen LogP contribution in [-0.4, -0.2) is 6.54 Å². The fourth-order valence-corrected chi connectivity index (χ4v) is 4.13. The molecule has 0 fully saturated rings. The van der Waals surface area contributed by atoms with Crippen molar-refractivity contribution in [3.8, 4) is 0 Å². The maximum Gasteiger partial charge on any atom is 0.0731 e. The molecule has 0 saturated carbocycles. The molecular formula is C18H24BrNS. The second-order valence-corrected chi connectivity index (χ2v) is 8.15. The number of benzene rings is 1. The smallest absolute Gasteiger partial charge is 0.0731 e. The summed E-state index contributed by atoms with van der Waals surface area (Å²) < 4.78 is 1.25. The van der Waals surface area contributed by atoms with Crippen molar-refractivity contribution in [1.82, 2.24) is 5.32 Å². The van der Waals surface area contributed by atoms with Gasteiger partial charge in [0.15, 0.2) is 0 Å². The molecule has 21 heavy (non-hydrogen) atoms. The van der Waals surface area contributed by atoms with Crippen LogP contribution in [0.2, 0.25) is 0 Å². The first-order chi connectivity index (χ1) is 10.0. The number of hydrogen-bond donors (Lipinski definition) is 1. The highest BCUT2D eigenvalue weighted by Gasteiger charge is 2.16. The molecule has 1 nitrogen and oxygen atoms in total. The summed E-state index contributed by atoms with van der Waals surface area (Å²) in [5.74, 6) is 0. The van der Waals surface area contributed by atoms with E-state index in [1.54, 1.807) is 0 Å². The zero-order chi connectivity index (χ0) is 15.4. The van der Waals surface area contributed by atoms with Gasteiger partial charge >= 0.3 is 0 Å². The zero-order valence-electron chi connectivity index (χ0n) is 13.3. The molecule has 1 aromatic heterocycles. The minimum absolute atomic E-state index is 0.403. The van der Waals surface area contributed by atoms with Crippen LogP contribution in [0.25, 0.3) is 0 Å². The third-order valence-corrected chi connectivity index (χ3v) is 6.04. The second kappa shape index (κ2) is 7.57. The van der Waals surface area contributed by atoms with Crippen LogP contribution in [-0.2, 0) is 6.42 Å². The van der Waals surface area contributed by atoms with E-state index in [9.17, 15) is 0 Å². The highest BCUT2D eigenvalue weighted by molar-refractivity contribution is 9.11. The summed E-state index contributed by atoms with van der Waals surface area (Å²) in [5, 5.41) is 3.71. The van der Waals surface area contributed by atoms with Crippen molar-refractivity contribution in [1.29, 1.82) is 0 Å². The highest BCUT2D eigenvalue weighted by Crippen LogP contribution is 2.33. The number of aryl methyl sites for hydroxylation is 3. The molecule has 0 aliphatic rings. The van der Waals surface area contributed by atoms with Gasteiger partial charge in [-0.1, -0.05) is 30.7 Å². The molecule has 1 heterocycles. The molecule has 2 rings (SSSR count). The van der Waals surface area contributed by atoms with Gasteiger partial charge in [-0.05, 0) is 78.8 Å². The summed E-state index contributed by atoms with van der Waals surface area (Å²) in [6, 6.07) is 9.47. The van der Waals surface area contributed by atoms with Gasteiger partial charge in [-0.3, -0.25) is 0 Å². The standard InChI is InChI=1S/C18H24BrNS/c1-5-8-20-16(17-10-14(4)18(19)21-17)11-15-9-12(2)6-7-13(15)3/h6-7,9-10,16,20H,5,8,11H2,1-4H3. The van der Waals surface area contributed by atoms with Gasteiger partial charge in [0.2, 0.25) is 0 Å². The van der Waals surface area contributed by atoms with Crippen molar-refractivity contribution in [2.45, 2.75) is 46.6 Å². The molecule has 0 radical (unpaired) electrons. The van der Waals surface area contributed by atoms with E-state index >= 15 is 0 Å². The summed E-state index contributed by atoms with van der Waals surface area (Å²) in [6.07, 6.45) is 2.22. The molecule has 1 N–H and O–H groups in total. The highest BCUT2D eigenvalue weighted by atomic mass is 79.9. The van der Waals surface area contributed by atoms with Crippen LogP contribution in [0.1, 0.15) is 46.5 Å². The van der Waals surface area contributed by atoms with E-state index < -0.39 is 0 Å². The van der Waals surface area contributed by atoms with Gasteiger partial charge in [-0.15, -0.1) is 11.3 Å². The molecule has 1 unspecified atom stereocenters. The molecule has 0 spiro atoms. The van der Waals surface area contributed by atoms with Crippen molar-refractivity contribution >= 4 is 27.3 Å². The summed E-state index contributed by atoms with van der Waals surface area (Å²) in [6.45, 7) is 9.82. The number of halogens is 1. The Morgan fingerprint density at radius 1 is 1.14 bits per heavy atom. The van der Waals surface area contributed by atoms with Crippen LogP contribution in [0, 0.1) is 20.8 Å². The Bertz CT molecular complexity index is 584. The van der Waals surface area contributed by atoms with Gasteiger partial charge in [-0.25, -0.2) is 0 Å². The second-order valence-electron chi connectivity index (χ2n) is 5.75. The van der Waals surface area contributed by atoms with Gasteiger partial charge < -0.3 is 5.32 Å². The lowest BCUT2D eigenvalue weighted by atomic mass is 9.98. The Hall–Kier alpha value is -0.640. The molecule has 1 aromatic carbocycles. The molecule has 0 aliphatic heterocycles. The van der Waals surface area contributed by atoms with Crippen LogP contribution in [0.4, 0.5) is 0 Å². The number of nitrogens with one attached hydrogen (secondary N) is 1. The van der Waals surface area contributed by atoms with Crippen LogP contribution in [0.15, 0.2) is 28.1 Å². The van der Waals surface area contributed by atoms with E-state index in [2.05, 4.69) is 73.2 Å². The molecule has 0 saturated heterocycles. The van der Waals surface area contributed by atoms with E-state index in [0.29, 0.717) is 6.04 Å². The Kier molecular flexibility index (Phi) is 6.03. The maximum absolute atomic E-state index is 3.71. The number of hydrogen-bond acceptors (Lipinski definition) is 2. The lowest BCUT2D eigenvalue weighted by molar-refractivity contribution is 0.535. The molecule has 2 aromatic rings. The number of rotatable bonds is 6. The van der Waals surface area contributed by atoms with Crippen LogP contribution in [0.5, 0.6) is 0 Å². The van der Waals surface area contributed by atoms with E-state index in [-0.39, 0.29) is 0 Å². The predicted octanol–water partition coefficient (Wildman–Crippen LogP) is 5.72. The maximum atomic E-state index is 3.71. The van der Waals surface area contributed by atoms with E-state index in [1.807, 2.05) is 11.3 Å².